The number of benzene rings is 1. The highest BCUT2D eigenvalue weighted by molar-refractivity contribution is 7.92. The molecule has 0 atom stereocenters. The summed E-state index contributed by atoms with van der Waals surface area (Å²) in [5.74, 6) is 0. The lowest BCUT2D eigenvalue weighted by molar-refractivity contribution is 0.598. The SMILES string of the molecule is Cn1cnc(S(=O)(=O)Nc2ccccc2-n2cnnn2)c1. The van der Waals surface area contributed by atoms with E-state index >= 15 is 0 Å². The van der Waals surface area contributed by atoms with E-state index in [1.807, 2.05) is 0 Å². The lowest BCUT2D eigenvalue weighted by atomic mass is 10.3. The van der Waals surface area contributed by atoms with Gasteiger partial charge in [-0.15, -0.1) is 5.10 Å². The van der Waals surface area contributed by atoms with Crippen LogP contribution in [0.5, 0.6) is 0 Å². The highest BCUT2D eigenvalue weighted by Gasteiger charge is 2.19. The van der Waals surface area contributed by atoms with Crippen LogP contribution < -0.4 is 4.72 Å². The molecule has 1 aromatic carbocycles. The normalized spacial score (nSPS) is 11.5. The van der Waals surface area contributed by atoms with Gasteiger partial charge in [0.15, 0.2) is 5.03 Å². The first kappa shape index (κ1) is 13.2. The van der Waals surface area contributed by atoms with Gasteiger partial charge in [0.1, 0.15) is 6.33 Å². The molecule has 0 aliphatic rings. The summed E-state index contributed by atoms with van der Waals surface area (Å²) in [6.07, 6.45) is 4.22. The lowest BCUT2D eigenvalue weighted by Gasteiger charge is -2.10. The van der Waals surface area contributed by atoms with Crippen LogP contribution in [0.4, 0.5) is 5.69 Å². The van der Waals surface area contributed by atoms with E-state index in [1.54, 1.807) is 35.9 Å². The van der Waals surface area contributed by atoms with E-state index in [1.165, 1.54) is 23.5 Å². The average molecular weight is 305 g/mol. The quantitative estimate of drug-likeness (QED) is 0.737. The maximum absolute atomic E-state index is 12.3. The third-order valence-corrected chi connectivity index (χ3v) is 3.95. The number of imidazole rings is 1. The van der Waals surface area contributed by atoms with Crippen LogP contribution in [0.3, 0.4) is 0 Å². The zero-order chi connectivity index (χ0) is 14.9. The van der Waals surface area contributed by atoms with Gasteiger partial charge in [-0.2, -0.15) is 13.1 Å². The molecule has 0 unspecified atom stereocenters. The summed E-state index contributed by atoms with van der Waals surface area (Å²) < 4.78 is 30.0. The Morgan fingerprint density at radius 2 is 2.00 bits per heavy atom. The topological polar surface area (TPSA) is 108 Å². The van der Waals surface area contributed by atoms with Crippen molar-refractivity contribution in [3.8, 4) is 5.69 Å². The van der Waals surface area contributed by atoms with Gasteiger partial charge in [-0.05, 0) is 22.6 Å². The van der Waals surface area contributed by atoms with Crippen LogP contribution >= 0.6 is 0 Å². The molecule has 0 radical (unpaired) electrons. The van der Waals surface area contributed by atoms with Crippen molar-refractivity contribution in [3.05, 3.63) is 43.1 Å². The molecular formula is C11H11N7O2S. The largest absolute Gasteiger partial charge is 0.339 e. The number of para-hydroxylation sites is 2. The Morgan fingerprint density at radius 3 is 2.67 bits per heavy atom. The van der Waals surface area contributed by atoms with E-state index < -0.39 is 10.0 Å². The first-order valence-electron chi connectivity index (χ1n) is 5.89. The zero-order valence-electron chi connectivity index (χ0n) is 10.9. The van der Waals surface area contributed by atoms with E-state index in [4.69, 9.17) is 0 Å². The predicted molar refractivity (Wildman–Crippen MR) is 73.2 cm³/mol. The van der Waals surface area contributed by atoms with Crippen LogP contribution in [0.15, 0.2) is 48.1 Å². The highest BCUT2D eigenvalue weighted by Crippen LogP contribution is 2.21. The molecule has 0 saturated carbocycles. The second-order valence-electron chi connectivity index (χ2n) is 4.25. The summed E-state index contributed by atoms with van der Waals surface area (Å²) >= 11 is 0. The molecule has 0 amide bonds. The fraction of sp³-hybridized carbons (Fsp3) is 0.0909. The predicted octanol–water partition coefficient (Wildman–Crippen LogP) is 0.197. The first-order chi connectivity index (χ1) is 10.1. The number of nitrogens with zero attached hydrogens (tertiary/aromatic N) is 6. The standard InChI is InChI=1S/C11H11N7O2S/c1-17-6-11(12-7-17)21(19,20)14-9-4-2-3-5-10(9)18-8-13-15-16-18/h2-8,14H,1H3. The molecule has 0 saturated heterocycles. The van der Waals surface area contributed by atoms with Gasteiger partial charge in [-0.3, -0.25) is 4.72 Å². The Hall–Kier alpha value is -2.75. The van der Waals surface area contributed by atoms with Crippen LogP contribution in [-0.2, 0) is 17.1 Å². The summed E-state index contributed by atoms with van der Waals surface area (Å²) in [5, 5.41) is 10.8. The van der Waals surface area contributed by atoms with Gasteiger partial charge in [-0.1, -0.05) is 12.1 Å². The molecule has 0 spiro atoms. The molecule has 0 bridgehead atoms. The molecule has 3 aromatic rings. The Labute approximate surface area is 120 Å². The van der Waals surface area contributed by atoms with Gasteiger partial charge >= 0.3 is 0 Å². The van der Waals surface area contributed by atoms with Gasteiger partial charge in [0.05, 0.1) is 17.7 Å². The van der Waals surface area contributed by atoms with Crippen LogP contribution in [0.25, 0.3) is 5.69 Å². The summed E-state index contributed by atoms with van der Waals surface area (Å²) in [6, 6.07) is 6.80. The third-order valence-electron chi connectivity index (χ3n) is 2.70. The molecule has 2 aromatic heterocycles. The summed E-state index contributed by atoms with van der Waals surface area (Å²) in [4.78, 5) is 3.84. The van der Waals surface area contributed by atoms with Crippen molar-refractivity contribution in [1.82, 2.24) is 29.8 Å². The summed E-state index contributed by atoms with van der Waals surface area (Å²) in [7, 11) is -2.07. The number of rotatable bonds is 4. The third kappa shape index (κ3) is 2.60. The molecule has 0 aliphatic heterocycles. The van der Waals surface area contributed by atoms with Crippen molar-refractivity contribution in [1.29, 1.82) is 0 Å². The molecule has 108 valence electrons. The van der Waals surface area contributed by atoms with Gasteiger partial charge in [-0.25, -0.2) is 4.98 Å². The minimum absolute atomic E-state index is 0.0588. The molecular weight excluding hydrogens is 294 g/mol. The molecule has 21 heavy (non-hydrogen) atoms. The Bertz CT molecular complexity index is 854. The maximum atomic E-state index is 12.3. The number of nitrogens with one attached hydrogen (secondary N) is 1. The van der Waals surface area contributed by atoms with Crippen molar-refractivity contribution in [2.24, 2.45) is 7.05 Å². The van der Waals surface area contributed by atoms with Gasteiger partial charge in [0.25, 0.3) is 10.0 Å². The van der Waals surface area contributed by atoms with E-state index in [-0.39, 0.29) is 5.03 Å². The van der Waals surface area contributed by atoms with Crippen molar-refractivity contribution in [2.75, 3.05) is 4.72 Å². The Morgan fingerprint density at radius 1 is 1.19 bits per heavy atom. The minimum Gasteiger partial charge on any atom is -0.339 e. The Kier molecular flexibility index (Phi) is 3.14. The van der Waals surface area contributed by atoms with Crippen LogP contribution in [0, 0.1) is 0 Å². The van der Waals surface area contributed by atoms with Crippen LogP contribution in [-0.4, -0.2) is 38.2 Å². The zero-order valence-corrected chi connectivity index (χ0v) is 11.8. The molecule has 1 N–H and O–H groups in total. The number of hydrogen-bond donors (Lipinski definition) is 1. The smallest absolute Gasteiger partial charge is 0.281 e. The second kappa shape index (κ2) is 4.98. The monoisotopic (exact) mass is 305 g/mol. The molecule has 3 rings (SSSR count). The minimum atomic E-state index is -3.77. The fourth-order valence-electron chi connectivity index (χ4n) is 1.76. The van der Waals surface area contributed by atoms with E-state index in [2.05, 4.69) is 25.2 Å². The van der Waals surface area contributed by atoms with Crippen LogP contribution in [0.1, 0.15) is 0 Å². The molecule has 2 heterocycles. The second-order valence-corrected chi connectivity index (χ2v) is 5.88. The Balaban J connectivity index is 1.99. The number of anilines is 1. The highest BCUT2D eigenvalue weighted by atomic mass is 32.2. The van der Waals surface area contributed by atoms with Crippen LogP contribution in [0.2, 0.25) is 0 Å². The number of tetrazole rings is 1. The number of aryl methyl sites for hydroxylation is 1. The van der Waals surface area contributed by atoms with Crippen molar-refractivity contribution in [3.63, 3.8) is 0 Å². The average Bonchev–Trinajstić information content (AvgIpc) is 3.10. The van der Waals surface area contributed by atoms with Crippen molar-refractivity contribution in [2.45, 2.75) is 5.03 Å². The summed E-state index contributed by atoms with van der Waals surface area (Å²) in [6.45, 7) is 0. The fourth-order valence-corrected chi connectivity index (χ4v) is 2.81. The first-order valence-corrected chi connectivity index (χ1v) is 7.38. The maximum Gasteiger partial charge on any atom is 0.281 e. The molecule has 10 heteroatoms. The molecule has 0 fully saturated rings. The van der Waals surface area contributed by atoms with Crippen molar-refractivity contribution >= 4 is 15.7 Å². The van der Waals surface area contributed by atoms with Gasteiger partial charge in [0, 0.05) is 13.2 Å². The van der Waals surface area contributed by atoms with E-state index in [9.17, 15) is 8.42 Å². The van der Waals surface area contributed by atoms with Gasteiger partial charge in [0.2, 0.25) is 0 Å². The van der Waals surface area contributed by atoms with Gasteiger partial charge < -0.3 is 4.57 Å². The summed E-state index contributed by atoms with van der Waals surface area (Å²) in [5.41, 5.74) is 0.873. The molecule has 0 aliphatic carbocycles. The van der Waals surface area contributed by atoms with E-state index in [0.29, 0.717) is 11.4 Å². The number of sulfonamides is 1. The van der Waals surface area contributed by atoms with Crippen molar-refractivity contribution < 1.29 is 8.42 Å². The van der Waals surface area contributed by atoms with E-state index in [0.717, 1.165) is 0 Å². The lowest BCUT2D eigenvalue weighted by Crippen LogP contribution is -2.15. The molecule has 9 nitrogen and oxygen atoms in total. The number of hydrogen-bond acceptors (Lipinski definition) is 6. The number of aromatic nitrogens is 6.